The molecule has 0 unspecified atom stereocenters. The highest BCUT2D eigenvalue weighted by molar-refractivity contribution is 7.21. The first-order valence-corrected chi connectivity index (χ1v) is 10.4. The summed E-state index contributed by atoms with van der Waals surface area (Å²) in [5, 5.41) is 0.630. The zero-order valence-corrected chi connectivity index (χ0v) is 18.0. The summed E-state index contributed by atoms with van der Waals surface area (Å²) in [5.74, 6) is 2.05. The Labute approximate surface area is 178 Å². The van der Waals surface area contributed by atoms with Gasteiger partial charge in [0, 0.05) is 11.4 Å². The number of ether oxygens (including phenoxy) is 2. The van der Waals surface area contributed by atoms with Crippen LogP contribution in [0.5, 0.6) is 11.5 Å². The first-order chi connectivity index (χ1) is 14.6. The number of benzene rings is 2. The number of methoxy groups -OCH3 is 2. The van der Waals surface area contributed by atoms with Crippen molar-refractivity contribution in [1.29, 1.82) is 0 Å². The van der Waals surface area contributed by atoms with Crippen molar-refractivity contribution in [3.8, 4) is 21.9 Å². The van der Waals surface area contributed by atoms with Gasteiger partial charge in [0.2, 0.25) is 0 Å². The van der Waals surface area contributed by atoms with E-state index in [0.29, 0.717) is 35.8 Å². The Kier molecular flexibility index (Phi) is 5.83. The molecule has 0 saturated heterocycles. The third-order valence-corrected chi connectivity index (χ3v) is 5.91. The van der Waals surface area contributed by atoms with Crippen LogP contribution >= 0.6 is 11.3 Å². The molecule has 154 valence electrons. The van der Waals surface area contributed by atoms with Crippen molar-refractivity contribution in [2.45, 2.75) is 13.1 Å². The van der Waals surface area contributed by atoms with Crippen LogP contribution in [-0.2, 0) is 13.1 Å². The Bertz CT molecular complexity index is 1220. The number of nitrogens with one attached hydrogen (secondary N) is 1. The third-order valence-electron chi connectivity index (χ3n) is 4.83. The SMILES string of the molecule is COc1ccc(CN(C)Cc2nc3sc(-c4ccccc4)cc3c(=O)[nH]2)cc1OC. The van der Waals surface area contributed by atoms with Gasteiger partial charge in [-0.2, -0.15) is 0 Å². The third kappa shape index (κ3) is 4.22. The van der Waals surface area contributed by atoms with E-state index in [2.05, 4.69) is 9.88 Å². The number of aromatic amines is 1. The molecule has 0 saturated carbocycles. The lowest BCUT2D eigenvalue weighted by Gasteiger charge is -2.17. The molecular formula is C23H23N3O3S. The molecule has 4 rings (SSSR count). The largest absolute Gasteiger partial charge is 0.493 e. The van der Waals surface area contributed by atoms with Gasteiger partial charge in [0.1, 0.15) is 10.7 Å². The Balaban J connectivity index is 1.54. The summed E-state index contributed by atoms with van der Waals surface area (Å²) in [6, 6.07) is 17.8. The van der Waals surface area contributed by atoms with E-state index >= 15 is 0 Å². The molecule has 30 heavy (non-hydrogen) atoms. The van der Waals surface area contributed by atoms with Crippen molar-refractivity contribution < 1.29 is 9.47 Å². The van der Waals surface area contributed by atoms with E-state index in [0.717, 1.165) is 20.8 Å². The Morgan fingerprint density at radius 2 is 1.77 bits per heavy atom. The maximum Gasteiger partial charge on any atom is 0.259 e. The monoisotopic (exact) mass is 421 g/mol. The molecule has 0 bridgehead atoms. The molecule has 4 aromatic rings. The van der Waals surface area contributed by atoms with E-state index in [1.165, 1.54) is 11.3 Å². The van der Waals surface area contributed by atoms with Crippen LogP contribution in [-0.4, -0.2) is 36.1 Å². The van der Waals surface area contributed by atoms with Crippen LogP contribution in [0.4, 0.5) is 0 Å². The maximum absolute atomic E-state index is 12.6. The standard InChI is InChI=1S/C23H23N3O3S/c1-26(13-15-9-10-18(28-2)19(11-15)29-3)14-21-24-22(27)17-12-20(30-23(17)25-21)16-7-5-4-6-8-16/h4-12H,13-14H2,1-3H3,(H,24,25,27). The molecule has 0 radical (unpaired) electrons. The molecule has 0 amide bonds. The van der Waals surface area contributed by atoms with Gasteiger partial charge in [-0.3, -0.25) is 9.69 Å². The number of aromatic nitrogens is 2. The second-order valence-electron chi connectivity index (χ2n) is 7.07. The van der Waals surface area contributed by atoms with E-state index in [-0.39, 0.29) is 5.56 Å². The number of H-pyrrole nitrogens is 1. The van der Waals surface area contributed by atoms with Crippen LogP contribution in [0, 0.1) is 0 Å². The highest BCUT2D eigenvalue weighted by Crippen LogP contribution is 2.31. The number of hydrogen-bond acceptors (Lipinski definition) is 6. The summed E-state index contributed by atoms with van der Waals surface area (Å²) in [7, 11) is 5.24. The molecule has 2 heterocycles. The van der Waals surface area contributed by atoms with Gasteiger partial charge < -0.3 is 14.5 Å². The van der Waals surface area contributed by atoms with Crippen molar-refractivity contribution in [1.82, 2.24) is 14.9 Å². The predicted octanol–water partition coefficient (Wildman–Crippen LogP) is 4.30. The van der Waals surface area contributed by atoms with E-state index in [9.17, 15) is 4.79 Å². The molecule has 0 fully saturated rings. The van der Waals surface area contributed by atoms with Gasteiger partial charge in [-0.25, -0.2) is 4.98 Å². The summed E-state index contributed by atoms with van der Waals surface area (Å²) in [6.45, 7) is 1.21. The first kappa shape index (κ1) is 20.1. The first-order valence-electron chi connectivity index (χ1n) is 9.55. The predicted molar refractivity (Wildman–Crippen MR) is 120 cm³/mol. The molecule has 6 nitrogen and oxygen atoms in total. The van der Waals surface area contributed by atoms with Crippen LogP contribution in [0.3, 0.4) is 0 Å². The summed E-state index contributed by atoms with van der Waals surface area (Å²) in [6.07, 6.45) is 0. The fraction of sp³-hybridized carbons (Fsp3) is 0.217. The number of nitrogens with zero attached hydrogens (tertiary/aromatic N) is 2. The molecule has 0 atom stereocenters. The van der Waals surface area contributed by atoms with E-state index < -0.39 is 0 Å². The van der Waals surface area contributed by atoms with Crippen LogP contribution in [0.2, 0.25) is 0 Å². The lowest BCUT2D eigenvalue weighted by atomic mass is 10.2. The highest BCUT2D eigenvalue weighted by atomic mass is 32.1. The number of thiophene rings is 1. The van der Waals surface area contributed by atoms with E-state index in [4.69, 9.17) is 14.5 Å². The van der Waals surface area contributed by atoms with Crippen molar-refractivity contribution in [3.05, 3.63) is 76.3 Å². The van der Waals surface area contributed by atoms with Crippen molar-refractivity contribution in [2.75, 3.05) is 21.3 Å². The van der Waals surface area contributed by atoms with Gasteiger partial charge in [0.05, 0.1) is 26.2 Å². The van der Waals surface area contributed by atoms with Crippen molar-refractivity contribution in [3.63, 3.8) is 0 Å². The Morgan fingerprint density at radius 3 is 2.50 bits per heavy atom. The minimum absolute atomic E-state index is 0.104. The molecule has 0 aliphatic rings. The van der Waals surface area contributed by atoms with Gasteiger partial charge in [0.15, 0.2) is 11.5 Å². The van der Waals surface area contributed by atoms with Crippen LogP contribution in [0.1, 0.15) is 11.4 Å². The van der Waals surface area contributed by atoms with Gasteiger partial charge >= 0.3 is 0 Å². The number of hydrogen-bond donors (Lipinski definition) is 1. The van der Waals surface area contributed by atoms with Crippen LogP contribution in [0.15, 0.2) is 59.4 Å². The second kappa shape index (κ2) is 8.69. The zero-order chi connectivity index (χ0) is 21.1. The number of fused-ring (bicyclic) bond motifs is 1. The fourth-order valence-electron chi connectivity index (χ4n) is 3.40. The van der Waals surface area contributed by atoms with Crippen molar-refractivity contribution in [2.24, 2.45) is 0 Å². The van der Waals surface area contributed by atoms with Crippen LogP contribution in [0.25, 0.3) is 20.7 Å². The minimum Gasteiger partial charge on any atom is -0.493 e. The lowest BCUT2D eigenvalue weighted by Crippen LogP contribution is -2.21. The molecule has 0 aliphatic carbocycles. The van der Waals surface area contributed by atoms with Crippen molar-refractivity contribution >= 4 is 21.6 Å². The average Bonchev–Trinajstić information content (AvgIpc) is 3.19. The Morgan fingerprint density at radius 1 is 1.00 bits per heavy atom. The highest BCUT2D eigenvalue weighted by Gasteiger charge is 2.12. The summed E-state index contributed by atoms with van der Waals surface area (Å²) >= 11 is 1.54. The summed E-state index contributed by atoms with van der Waals surface area (Å²) in [5.41, 5.74) is 2.07. The molecule has 1 N–H and O–H groups in total. The average molecular weight is 422 g/mol. The molecular weight excluding hydrogens is 398 g/mol. The smallest absolute Gasteiger partial charge is 0.259 e. The molecule has 2 aromatic heterocycles. The fourth-order valence-corrected chi connectivity index (χ4v) is 4.45. The normalized spacial score (nSPS) is 11.2. The van der Waals surface area contributed by atoms with Gasteiger partial charge in [0.25, 0.3) is 5.56 Å². The van der Waals surface area contributed by atoms with Gasteiger partial charge in [-0.15, -0.1) is 11.3 Å². The van der Waals surface area contributed by atoms with E-state index in [1.54, 1.807) is 14.2 Å². The summed E-state index contributed by atoms with van der Waals surface area (Å²) in [4.78, 5) is 24.1. The topological polar surface area (TPSA) is 67.5 Å². The zero-order valence-electron chi connectivity index (χ0n) is 17.1. The minimum atomic E-state index is -0.104. The molecule has 2 aromatic carbocycles. The maximum atomic E-state index is 12.6. The molecule has 7 heteroatoms. The second-order valence-corrected chi connectivity index (χ2v) is 8.10. The van der Waals surface area contributed by atoms with Gasteiger partial charge in [-0.1, -0.05) is 36.4 Å². The Hall–Kier alpha value is -3.16. The summed E-state index contributed by atoms with van der Waals surface area (Å²) < 4.78 is 10.7. The lowest BCUT2D eigenvalue weighted by molar-refractivity contribution is 0.308. The quantitative estimate of drug-likeness (QED) is 0.482. The number of rotatable bonds is 7. The van der Waals surface area contributed by atoms with Crippen LogP contribution < -0.4 is 15.0 Å². The molecule has 0 aliphatic heterocycles. The van der Waals surface area contributed by atoms with E-state index in [1.807, 2.05) is 61.6 Å². The van der Waals surface area contributed by atoms with Gasteiger partial charge in [-0.05, 0) is 36.4 Å². The molecule has 0 spiro atoms.